The fourth-order valence-corrected chi connectivity index (χ4v) is 6.25. The van der Waals surface area contributed by atoms with Gasteiger partial charge in [0.1, 0.15) is 4.88 Å². The van der Waals surface area contributed by atoms with Crippen LogP contribution in [0.2, 0.25) is 0 Å². The SMILES string of the molecule is CCCCCC(O)c1ccc([C@@H]2[C@@H](CCCc3ccc(C(=O)OC)s3)[C@@H](Cl)C[C@H]2O)cc1. The lowest BCUT2D eigenvalue weighted by Crippen LogP contribution is -2.19. The van der Waals surface area contributed by atoms with Crippen LogP contribution in [0.4, 0.5) is 0 Å². The minimum absolute atomic E-state index is 0.0118. The summed E-state index contributed by atoms with van der Waals surface area (Å²) < 4.78 is 4.78. The summed E-state index contributed by atoms with van der Waals surface area (Å²) >= 11 is 8.14. The quantitative estimate of drug-likeness (QED) is 0.228. The summed E-state index contributed by atoms with van der Waals surface area (Å²) in [5.41, 5.74) is 2.04. The van der Waals surface area contributed by atoms with Gasteiger partial charge in [-0.1, -0.05) is 50.5 Å². The van der Waals surface area contributed by atoms with Crippen molar-refractivity contribution < 1.29 is 19.7 Å². The first-order valence-corrected chi connectivity index (χ1v) is 13.0. The highest BCUT2D eigenvalue weighted by Crippen LogP contribution is 2.45. The van der Waals surface area contributed by atoms with Gasteiger partial charge in [-0.2, -0.15) is 0 Å². The molecule has 0 radical (unpaired) electrons. The summed E-state index contributed by atoms with van der Waals surface area (Å²) in [5, 5.41) is 21.1. The number of methoxy groups -OCH3 is 1. The Labute approximate surface area is 200 Å². The van der Waals surface area contributed by atoms with Gasteiger partial charge in [0.25, 0.3) is 0 Å². The molecule has 176 valence electrons. The molecule has 1 aliphatic rings. The lowest BCUT2D eigenvalue weighted by molar-refractivity contribution is 0.0606. The van der Waals surface area contributed by atoms with Crippen LogP contribution in [-0.4, -0.2) is 34.8 Å². The summed E-state index contributed by atoms with van der Waals surface area (Å²) in [4.78, 5) is 13.4. The van der Waals surface area contributed by atoms with Gasteiger partial charge in [-0.15, -0.1) is 22.9 Å². The normalized spacial score (nSPS) is 23.9. The van der Waals surface area contributed by atoms with Gasteiger partial charge in [0.15, 0.2) is 0 Å². The Morgan fingerprint density at radius 1 is 1.19 bits per heavy atom. The molecule has 1 saturated carbocycles. The van der Waals surface area contributed by atoms with E-state index in [1.54, 1.807) is 0 Å². The van der Waals surface area contributed by atoms with Crippen molar-refractivity contribution in [3.63, 3.8) is 0 Å². The molecule has 1 unspecified atom stereocenters. The summed E-state index contributed by atoms with van der Waals surface area (Å²) in [5.74, 6) is -0.0789. The second kappa shape index (κ2) is 12.2. The summed E-state index contributed by atoms with van der Waals surface area (Å²) in [7, 11) is 1.40. The minimum Gasteiger partial charge on any atom is -0.465 e. The van der Waals surface area contributed by atoms with E-state index in [0.29, 0.717) is 11.3 Å². The molecule has 2 aromatic rings. The third kappa shape index (κ3) is 6.34. The maximum atomic E-state index is 11.6. The number of aliphatic hydroxyl groups excluding tert-OH is 2. The van der Waals surface area contributed by atoms with E-state index in [1.165, 1.54) is 18.4 Å². The monoisotopic (exact) mass is 478 g/mol. The van der Waals surface area contributed by atoms with Crippen LogP contribution >= 0.6 is 22.9 Å². The Kier molecular flexibility index (Phi) is 9.60. The fourth-order valence-electron chi connectivity index (χ4n) is 4.82. The lowest BCUT2D eigenvalue weighted by Gasteiger charge is -2.24. The van der Waals surface area contributed by atoms with Crippen LogP contribution in [0.25, 0.3) is 0 Å². The van der Waals surface area contributed by atoms with Gasteiger partial charge in [0.05, 0.1) is 19.3 Å². The molecule has 4 nitrogen and oxygen atoms in total. The largest absolute Gasteiger partial charge is 0.465 e. The highest BCUT2D eigenvalue weighted by atomic mass is 35.5. The average molecular weight is 479 g/mol. The van der Waals surface area contributed by atoms with Gasteiger partial charge in [-0.25, -0.2) is 4.79 Å². The number of hydrogen-bond donors (Lipinski definition) is 2. The van der Waals surface area contributed by atoms with Crippen molar-refractivity contribution >= 4 is 28.9 Å². The fraction of sp³-hybridized carbons (Fsp3) is 0.577. The molecule has 1 aromatic carbocycles. The topological polar surface area (TPSA) is 66.8 Å². The Morgan fingerprint density at radius 2 is 1.94 bits per heavy atom. The van der Waals surface area contributed by atoms with Crippen LogP contribution in [-0.2, 0) is 11.2 Å². The molecular formula is C26H35ClO4S. The Hall–Kier alpha value is -1.40. The summed E-state index contributed by atoms with van der Waals surface area (Å²) in [6.07, 6.45) is 6.57. The molecule has 0 amide bonds. The van der Waals surface area contributed by atoms with Crippen LogP contribution < -0.4 is 0 Å². The first kappa shape index (κ1) is 25.2. The van der Waals surface area contributed by atoms with Gasteiger partial charge < -0.3 is 14.9 Å². The highest BCUT2D eigenvalue weighted by molar-refractivity contribution is 7.13. The van der Waals surface area contributed by atoms with Crippen LogP contribution in [0, 0.1) is 5.92 Å². The summed E-state index contributed by atoms with van der Waals surface area (Å²) in [6.45, 7) is 2.16. The average Bonchev–Trinajstić information content (AvgIpc) is 3.37. The molecule has 6 heteroatoms. The third-order valence-corrected chi connectivity index (χ3v) is 8.23. The van der Waals surface area contributed by atoms with E-state index in [4.69, 9.17) is 16.3 Å². The van der Waals surface area contributed by atoms with Crippen molar-refractivity contribution in [3.05, 3.63) is 57.3 Å². The molecule has 2 N–H and O–H groups in total. The van der Waals surface area contributed by atoms with Crippen molar-refractivity contribution in [2.75, 3.05) is 7.11 Å². The lowest BCUT2D eigenvalue weighted by atomic mass is 9.84. The zero-order valence-corrected chi connectivity index (χ0v) is 20.6. The molecule has 32 heavy (non-hydrogen) atoms. The van der Waals surface area contributed by atoms with E-state index in [9.17, 15) is 15.0 Å². The van der Waals surface area contributed by atoms with E-state index in [2.05, 4.69) is 19.1 Å². The molecule has 0 bridgehead atoms. The molecule has 0 aliphatic heterocycles. The summed E-state index contributed by atoms with van der Waals surface area (Å²) in [6, 6.07) is 11.9. The van der Waals surface area contributed by atoms with E-state index >= 15 is 0 Å². The van der Waals surface area contributed by atoms with Crippen LogP contribution in [0.1, 0.15) is 89.6 Å². The zero-order valence-electron chi connectivity index (χ0n) is 19.0. The first-order valence-electron chi connectivity index (χ1n) is 11.7. The number of carbonyl (C=O) groups excluding carboxylic acids is 1. The number of unbranched alkanes of at least 4 members (excludes halogenated alkanes) is 2. The third-order valence-electron chi connectivity index (χ3n) is 6.60. The second-order valence-electron chi connectivity index (χ2n) is 8.84. The molecule has 5 atom stereocenters. The maximum Gasteiger partial charge on any atom is 0.348 e. The van der Waals surface area contributed by atoms with Crippen LogP contribution in [0.15, 0.2) is 36.4 Å². The van der Waals surface area contributed by atoms with E-state index in [-0.39, 0.29) is 23.2 Å². The van der Waals surface area contributed by atoms with Gasteiger partial charge in [-0.3, -0.25) is 0 Å². The van der Waals surface area contributed by atoms with Crippen molar-refractivity contribution in [2.45, 2.75) is 81.8 Å². The minimum atomic E-state index is -0.449. The molecule has 1 aliphatic carbocycles. The number of esters is 1. The van der Waals surface area contributed by atoms with E-state index < -0.39 is 12.2 Å². The number of hydrogen-bond acceptors (Lipinski definition) is 5. The maximum absolute atomic E-state index is 11.6. The molecule has 0 spiro atoms. The van der Waals surface area contributed by atoms with E-state index in [0.717, 1.165) is 60.9 Å². The number of rotatable bonds is 11. The molecule has 3 rings (SSSR count). The molecule has 1 fully saturated rings. The van der Waals surface area contributed by atoms with Crippen LogP contribution in [0.5, 0.6) is 0 Å². The molecule has 0 saturated heterocycles. The Balaban J connectivity index is 1.60. The number of aliphatic hydroxyl groups is 2. The number of halogens is 1. The number of alkyl halides is 1. The molecular weight excluding hydrogens is 444 g/mol. The van der Waals surface area contributed by atoms with Crippen molar-refractivity contribution in [3.8, 4) is 0 Å². The first-order chi connectivity index (χ1) is 15.4. The van der Waals surface area contributed by atoms with Crippen molar-refractivity contribution in [1.82, 2.24) is 0 Å². The van der Waals surface area contributed by atoms with Crippen molar-refractivity contribution in [1.29, 1.82) is 0 Å². The van der Waals surface area contributed by atoms with Crippen LogP contribution in [0.3, 0.4) is 0 Å². The highest BCUT2D eigenvalue weighted by Gasteiger charge is 2.41. The Bertz CT molecular complexity index is 850. The number of carbonyl (C=O) groups is 1. The molecule has 1 heterocycles. The Morgan fingerprint density at radius 3 is 2.62 bits per heavy atom. The molecule has 1 aromatic heterocycles. The number of ether oxygens (including phenoxy) is 1. The predicted molar refractivity (Wildman–Crippen MR) is 131 cm³/mol. The van der Waals surface area contributed by atoms with E-state index in [1.807, 2.05) is 24.3 Å². The van der Waals surface area contributed by atoms with Gasteiger partial charge in [-0.05, 0) is 61.3 Å². The number of thiophene rings is 1. The zero-order chi connectivity index (χ0) is 23.1. The smallest absolute Gasteiger partial charge is 0.348 e. The number of benzene rings is 1. The van der Waals surface area contributed by atoms with Gasteiger partial charge >= 0.3 is 5.97 Å². The standard InChI is InChI=1S/C26H35ClO4S/c1-3-4-5-9-22(28)17-10-12-18(13-11-17)25-20(21(27)16-23(25)29)8-6-7-19-14-15-24(32-19)26(30)31-2/h10-15,20-23,25,28-29H,3-9,16H2,1-2H3/t20-,21-,22?,23+,25+/m0/s1. The van der Waals surface area contributed by atoms with Gasteiger partial charge in [0.2, 0.25) is 0 Å². The van der Waals surface area contributed by atoms with Gasteiger partial charge in [0, 0.05) is 16.2 Å². The predicted octanol–water partition coefficient (Wildman–Crippen LogP) is 6.24. The second-order valence-corrected chi connectivity index (χ2v) is 10.6. The number of aryl methyl sites for hydroxylation is 1. The van der Waals surface area contributed by atoms with Crippen molar-refractivity contribution in [2.24, 2.45) is 5.92 Å².